The van der Waals surface area contributed by atoms with Crippen LogP contribution in [0, 0.1) is 0 Å². The minimum absolute atomic E-state index is 0.0716. The molecule has 1 fully saturated rings. The summed E-state index contributed by atoms with van der Waals surface area (Å²) in [4.78, 5) is 39.3. The second kappa shape index (κ2) is 19.3. The highest BCUT2D eigenvalue weighted by Gasteiger charge is 2.41. The fourth-order valence-electron chi connectivity index (χ4n) is 5.77. The molecule has 260 valence electrons. The Morgan fingerprint density at radius 2 is 1.60 bits per heavy atom. The van der Waals surface area contributed by atoms with Crippen LogP contribution in [0.3, 0.4) is 0 Å². The van der Waals surface area contributed by atoms with Gasteiger partial charge in [0.15, 0.2) is 5.82 Å². The van der Waals surface area contributed by atoms with E-state index in [0.29, 0.717) is 94.5 Å². The predicted octanol–water partition coefficient (Wildman–Crippen LogP) is 2.75. The van der Waals surface area contributed by atoms with E-state index in [-0.39, 0.29) is 23.9 Å². The van der Waals surface area contributed by atoms with Crippen LogP contribution in [-0.2, 0) is 23.7 Å². The molecule has 14 nitrogen and oxygen atoms in total. The fraction of sp³-hybridized carbons (Fsp3) is 0.636. The van der Waals surface area contributed by atoms with Crippen molar-refractivity contribution in [3.8, 4) is 5.75 Å². The van der Waals surface area contributed by atoms with Crippen molar-refractivity contribution in [3.63, 3.8) is 0 Å². The minimum atomic E-state index is -0.251. The molecule has 1 aromatic heterocycles. The predicted molar refractivity (Wildman–Crippen MR) is 180 cm³/mol. The van der Waals surface area contributed by atoms with Gasteiger partial charge in [0.2, 0.25) is 11.9 Å². The second-order valence-corrected chi connectivity index (χ2v) is 11.4. The van der Waals surface area contributed by atoms with Crippen molar-refractivity contribution < 1.29 is 33.3 Å². The Hall–Kier alpha value is -3.56. The van der Waals surface area contributed by atoms with E-state index in [1.165, 1.54) is 0 Å². The highest BCUT2D eigenvalue weighted by molar-refractivity contribution is 6.04. The van der Waals surface area contributed by atoms with E-state index in [1.54, 1.807) is 43.5 Å². The van der Waals surface area contributed by atoms with E-state index in [9.17, 15) is 9.59 Å². The minimum Gasteiger partial charge on any atom is -0.495 e. The monoisotopic (exact) mass is 657 g/mol. The van der Waals surface area contributed by atoms with Gasteiger partial charge in [0, 0.05) is 31.7 Å². The molecule has 2 aromatic rings. The van der Waals surface area contributed by atoms with Crippen LogP contribution >= 0.6 is 0 Å². The number of hydrogen-bond donors (Lipinski definition) is 3. The molecule has 14 heteroatoms. The van der Waals surface area contributed by atoms with Crippen molar-refractivity contribution in [2.24, 2.45) is 0 Å². The van der Waals surface area contributed by atoms with Gasteiger partial charge in [-0.05, 0) is 44.5 Å². The van der Waals surface area contributed by atoms with Crippen molar-refractivity contribution >= 4 is 35.0 Å². The molecule has 0 unspecified atom stereocenters. The molecule has 2 amide bonds. The normalized spacial score (nSPS) is 16.4. The Morgan fingerprint density at radius 1 is 0.957 bits per heavy atom. The number of methoxy groups -OCH3 is 1. The number of carbonyl (C=O) groups excluding carboxylic acids is 2. The number of rotatable bonds is 21. The van der Waals surface area contributed by atoms with Crippen LogP contribution in [0.2, 0.25) is 0 Å². The molecule has 0 spiro atoms. The summed E-state index contributed by atoms with van der Waals surface area (Å²) >= 11 is 0. The zero-order valence-electron chi connectivity index (χ0n) is 28.2. The van der Waals surface area contributed by atoms with E-state index >= 15 is 0 Å². The third-order valence-corrected chi connectivity index (χ3v) is 8.27. The highest BCUT2D eigenvalue weighted by Crippen LogP contribution is 2.40. The third-order valence-electron chi connectivity index (χ3n) is 8.27. The topological polar surface area (TPSA) is 149 Å². The molecule has 1 aromatic carbocycles. The molecule has 1 aliphatic heterocycles. The smallest absolute Gasteiger partial charge is 0.251 e. The lowest BCUT2D eigenvalue weighted by molar-refractivity contribution is -0.120. The Kier molecular flexibility index (Phi) is 14.9. The quantitative estimate of drug-likeness (QED) is 0.170. The van der Waals surface area contributed by atoms with E-state index in [1.807, 2.05) is 14.0 Å². The molecule has 47 heavy (non-hydrogen) atoms. The van der Waals surface area contributed by atoms with E-state index in [0.717, 1.165) is 38.0 Å². The maximum atomic E-state index is 13.2. The number of nitrogens with one attached hydrogen (secondary N) is 3. The van der Waals surface area contributed by atoms with Gasteiger partial charge in [-0.3, -0.25) is 9.59 Å². The Morgan fingerprint density at radius 3 is 2.21 bits per heavy atom. The number of benzene rings is 1. The van der Waals surface area contributed by atoms with Gasteiger partial charge in [0.1, 0.15) is 17.5 Å². The lowest BCUT2D eigenvalue weighted by atomic mass is 10.0. The van der Waals surface area contributed by atoms with Crippen LogP contribution in [0.1, 0.15) is 49.4 Å². The lowest BCUT2D eigenvalue weighted by Crippen LogP contribution is -2.55. The first kappa shape index (κ1) is 36.3. The van der Waals surface area contributed by atoms with E-state index in [4.69, 9.17) is 28.7 Å². The van der Waals surface area contributed by atoms with Gasteiger partial charge in [0.05, 0.1) is 71.8 Å². The molecule has 0 radical (unpaired) electrons. The van der Waals surface area contributed by atoms with Crippen LogP contribution in [-0.4, -0.2) is 121 Å². The molecule has 4 rings (SSSR count). The Balaban J connectivity index is 1.22. The van der Waals surface area contributed by atoms with E-state index < -0.39 is 0 Å². The summed E-state index contributed by atoms with van der Waals surface area (Å²) in [5, 5.41) is 9.14. The Labute approximate surface area is 277 Å². The molecule has 3 N–H and O–H groups in total. The lowest BCUT2D eigenvalue weighted by Gasteiger charge is -2.43. The number of amides is 2. The molecular weight excluding hydrogens is 606 g/mol. The highest BCUT2D eigenvalue weighted by atomic mass is 16.6. The van der Waals surface area contributed by atoms with Gasteiger partial charge in [-0.1, -0.05) is 19.8 Å². The van der Waals surface area contributed by atoms with Gasteiger partial charge in [0.25, 0.3) is 5.91 Å². The van der Waals surface area contributed by atoms with Crippen LogP contribution < -0.4 is 30.5 Å². The van der Waals surface area contributed by atoms with Crippen molar-refractivity contribution in [2.75, 3.05) is 102 Å². The molecule has 1 atom stereocenters. The summed E-state index contributed by atoms with van der Waals surface area (Å²) in [7, 11) is 5.22. The summed E-state index contributed by atoms with van der Waals surface area (Å²) in [5.74, 6) is 1.46. The van der Waals surface area contributed by atoms with Gasteiger partial charge in [-0.2, -0.15) is 4.98 Å². The summed E-state index contributed by atoms with van der Waals surface area (Å²) in [6.45, 7) is 7.21. The van der Waals surface area contributed by atoms with Crippen molar-refractivity contribution in [1.82, 2.24) is 20.6 Å². The average molecular weight is 658 g/mol. The Bertz CT molecular complexity index is 1280. The number of aromatic nitrogens is 2. The first-order valence-electron chi connectivity index (χ1n) is 16.6. The summed E-state index contributed by atoms with van der Waals surface area (Å²) < 4.78 is 27.5. The number of fused-ring (bicyclic) bond motifs is 1. The number of carbonyl (C=O) groups is 2. The third kappa shape index (κ3) is 10.2. The summed E-state index contributed by atoms with van der Waals surface area (Å²) in [6.07, 6.45) is 6.79. The first-order chi connectivity index (χ1) is 23.0. The molecule has 0 bridgehead atoms. The van der Waals surface area contributed by atoms with Crippen LogP contribution in [0.4, 0.5) is 23.1 Å². The number of nitrogens with zero attached hydrogens (tertiary/aromatic N) is 4. The molecule has 2 aliphatic rings. The molecule has 1 aliphatic carbocycles. The SMILES string of the molecule is CC[C@@H]1C(=O)N(C)c2cnc(Nc3ccc(C(=O)NCCOCCOCCOCCOCCNC)cc3OC)nc2N1C1CCCC1. The van der Waals surface area contributed by atoms with Crippen LogP contribution in [0.25, 0.3) is 0 Å². The van der Waals surface area contributed by atoms with Gasteiger partial charge in [-0.25, -0.2) is 4.98 Å². The molecular formula is C33H51N7O7. The van der Waals surface area contributed by atoms with Crippen molar-refractivity contribution in [3.05, 3.63) is 30.0 Å². The standard InChI is InChI=1S/C33H51N7O7/c1-5-27-32(42)39(3)28-23-36-33(38-30(28)40(27)25-8-6-7-9-25)37-26-11-10-24(22-29(26)43-4)31(41)35-13-15-45-17-19-47-21-20-46-18-16-44-14-12-34-2/h10-11,22-23,25,27,34H,5-9,12-21H2,1-4H3,(H,35,41)(H,36,37,38)/t27-/m1/s1. The first-order valence-corrected chi connectivity index (χ1v) is 16.6. The maximum absolute atomic E-state index is 13.2. The summed E-state index contributed by atoms with van der Waals surface area (Å²) in [5.41, 5.74) is 1.78. The number of likely N-dealkylation sites (N-methyl/N-ethyl adjacent to an activating group) is 2. The largest absolute Gasteiger partial charge is 0.495 e. The summed E-state index contributed by atoms with van der Waals surface area (Å²) in [6, 6.07) is 5.18. The zero-order valence-corrected chi connectivity index (χ0v) is 28.2. The van der Waals surface area contributed by atoms with Crippen molar-refractivity contribution in [1.29, 1.82) is 0 Å². The van der Waals surface area contributed by atoms with Crippen LogP contribution in [0.5, 0.6) is 5.75 Å². The zero-order chi connectivity index (χ0) is 33.4. The number of hydrogen-bond acceptors (Lipinski definition) is 12. The molecule has 0 saturated heterocycles. The maximum Gasteiger partial charge on any atom is 0.251 e. The van der Waals surface area contributed by atoms with Crippen molar-refractivity contribution in [2.45, 2.75) is 51.1 Å². The number of ether oxygens (including phenoxy) is 5. The fourth-order valence-corrected chi connectivity index (χ4v) is 5.77. The van der Waals surface area contributed by atoms with E-state index in [2.05, 4.69) is 25.8 Å². The molecule has 1 saturated carbocycles. The number of anilines is 4. The van der Waals surface area contributed by atoms with Gasteiger partial charge in [-0.15, -0.1) is 0 Å². The second-order valence-electron chi connectivity index (χ2n) is 11.4. The van der Waals surface area contributed by atoms with Gasteiger partial charge < -0.3 is 49.4 Å². The van der Waals surface area contributed by atoms with Crippen LogP contribution in [0.15, 0.2) is 24.4 Å². The molecule has 2 heterocycles. The van der Waals surface area contributed by atoms with Gasteiger partial charge >= 0.3 is 0 Å². The average Bonchev–Trinajstić information content (AvgIpc) is 3.62.